The second-order valence-electron chi connectivity index (χ2n) is 3.61. The largest absolute Gasteiger partial charge is 0.313 e. The summed E-state index contributed by atoms with van der Waals surface area (Å²) in [5, 5.41) is 4.88. The van der Waals surface area contributed by atoms with Crippen molar-refractivity contribution in [3.05, 3.63) is 34.2 Å². The molecule has 16 heavy (non-hydrogen) atoms. The number of rotatable bonds is 3. The Labute approximate surface area is 100 Å². The fourth-order valence-electron chi connectivity index (χ4n) is 1.71. The highest BCUT2D eigenvalue weighted by molar-refractivity contribution is 7.95. The average Bonchev–Trinajstić information content (AvgIpc) is 2.48. The van der Waals surface area contributed by atoms with Gasteiger partial charge in [-0.1, -0.05) is 24.6 Å². The molecule has 3 nitrogen and oxygen atoms in total. The summed E-state index contributed by atoms with van der Waals surface area (Å²) in [5.41, 5.74) is 1.55. The molecule has 1 aliphatic rings. The van der Waals surface area contributed by atoms with Crippen molar-refractivity contribution in [2.24, 2.45) is 0 Å². The van der Waals surface area contributed by atoms with Crippen LogP contribution in [0, 0.1) is 0 Å². The quantitative estimate of drug-likeness (QED) is 0.902. The van der Waals surface area contributed by atoms with E-state index >= 15 is 0 Å². The lowest BCUT2D eigenvalue weighted by Crippen LogP contribution is -2.14. The van der Waals surface area contributed by atoms with Crippen LogP contribution in [0.1, 0.15) is 12.5 Å². The molecule has 0 saturated carbocycles. The van der Waals surface area contributed by atoms with Gasteiger partial charge in [0.1, 0.15) is 0 Å². The maximum absolute atomic E-state index is 11.8. The number of hydrogen-bond donors (Lipinski definition) is 1. The predicted octanol–water partition coefficient (Wildman–Crippen LogP) is 2.08. The van der Waals surface area contributed by atoms with Gasteiger partial charge in [-0.15, -0.1) is 0 Å². The van der Waals surface area contributed by atoms with Gasteiger partial charge in [0.2, 0.25) is 9.84 Å². The second kappa shape index (κ2) is 4.20. The van der Waals surface area contributed by atoms with Crippen molar-refractivity contribution >= 4 is 27.0 Å². The second-order valence-corrected chi connectivity index (χ2v) is 5.81. The molecule has 1 heterocycles. The van der Waals surface area contributed by atoms with Crippen LogP contribution < -0.4 is 5.32 Å². The first-order valence-corrected chi connectivity index (χ1v) is 6.93. The van der Waals surface area contributed by atoms with E-state index in [4.69, 9.17) is 11.6 Å². The zero-order valence-electron chi connectivity index (χ0n) is 8.83. The summed E-state index contributed by atoms with van der Waals surface area (Å²) in [5.74, 6) is 0. The molecule has 1 N–H and O–H groups in total. The number of hydrogen-bond acceptors (Lipinski definition) is 3. The summed E-state index contributed by atoms with van der Waals surface area (Å²) in [6.45, 7) is 3.34. The molecule has 0 aliphatic carbocycles. The van der Waals surface area contributed by atoms with E-state index < -0.39 is 9.84 Å². The van der Waals surface area contributed by atoms with Crippen LogP contribution in [-0.2, 0) is 9.84 Å². The van der Waals surface area contributed by atoms with Gasteiger partial charge in [-0.05, 0) is 29.8 Å². The highest BCUT2D eigenvalue weighted by Crippen LogP contribution is 2.34. The maximum Gasteiger partial charge on any atom is 0.200 e. The van der Waals surface area contributed by atoms with Crippen molar-refractivity contribution in [1.29, 1.82) is 0 Å². The summed E-state index contributed by atoms with van der Waals surface area (Å²) < 4.78 is 23.6. The Morgan fingerprint density at radius 1 is 1.38 bits per heavy atom. The molecule has 1 aromatic carbocycles. The monoisotopic (exact) mass is 257 g/mol. The zero-order valence-corrected chi connectivity index (χ0v) is 10.4. The third kappa shape index (κ3) is 2.00. The smallest absolute Gasteiger partial charge is 0.200 e. The Bertz CT molecular complexity index is 549. The van der Waals surface area contributed by atoms with Crippen LogP contribution in [0.2, 0.25) is 5.02 Å². The minimum atomic E-state index is -3.29. The van der Waals surface area contributed by atoms with Crippen LogP contribution in [0.3, 0.4) is 0 Å². The normalized spacial score (nSPS) is 17.0. The molecule has 0 bridgehead atoms. The summed E-state index contributed by atoms with van der Waals surface area (Å²) in [4.78, 5) is 0.313. The number of sulfone groups is 1. The molecular weight excluding hydrogens is 246 g/mol. The molecule has 2 rings (SSSR count). The van der Waals surface area contributed by atoms with Gasteiger partial charge in [0.05, 0.1) is 4.90 Å². The van der Waals surface area contributed by atoms with E-state index in [1.54, 1.807) is 12.1 Å². The van der Waals surface area contributed by atoms with Crippen LogP contribution in [0.5, 0.6) is 0 Å². The van der Waals surface area contributed by atoms with E-state index in [9.17, 15) is 8.42 Å². The molecule has 1 aliphatic heterocycles. The summed E-state index contributed by atoms with van der Waals surface area (Å²) in [7, 11) is -3.29. The number of fused-ring (bicyclic) bond motifs is 1. The number of benzene rings is 1. The molecule has 0 unspecified atom stereocenters. The lowest BCUT2D eigenvalue weighted by atomic mass is 10.1. The van der Waals surface area contributed by atoms with Gasteiger partial charge in [0, 0.05) is 17.0 Å². The molecule has 0 spiro atoms. The van der Waals surface area contributed by atoms with Crippen molar-refractivity contribution in [1.82, 2.24) is 5.32 Å². The lowest BCUT2D eigenvalue weighted by Gasteiger charge is -2.04. The van der Waals surface area contributed by atoms with E-state index in [1.165, 1.54) is 11.5 Å². The Morgan fingerprint density at radius 2 is 2.12 bits per heavy atom. The molecule has 0 saturated heterocycles. The van der Waals surface area contributed by atoms with Crippen LogP contribution >= 0.6 is 11.6 Å². The Balaban J connectivity index is 2.48. The third-order valence-corrected chi connectivity index (χ3v) is 4.24. The first kappa shape index (κ1) is 11.6. The molecular formula is C11H12ClNO2S. The van der Waals surface area contributed by atoms with Gasteiger partial charge in [-0.2, -0.15) is 0 Å². The van der Waals surface area contributed by atoms with Crippen LogP contribution in [0.25, 0.3) is 5.57 Å². The standard InChI is InChI=1S/C11H12ClNO2S/c1-2-13-6-8-7-16(14,15)11-5-9(12)3-4-10(8)11/h3-5,7,13H,2,6H2,1H3. The van der Waals surface area contributed by atoms with Crippen LogP contribution in [-0.4, -0.2) is 21.5 Å². The Morgan fingerprint density at radius 3 is 2.81 bits per heavy atom. The fraction of sp³-hybridized carbons (Fsp3) is 0.273. The topological polar surface area (TPSA) is 46.2 Å². The molecule has 86 valence electrons. The van der Waals surface area contributed by atoms with Gasteiger partial charge in [-0.25, -0.2) is 8.42 Å². The van der Waals surface area contributed by atoms with Crippen molar-refractivity contribution in [2.75, 3.05) is 13.1 Å². The van der Waals surface area contributed by atoms with Crippen molar-refractivity contribution in [3.8, 4) is 0 Å². The van der Waals surface area contributed by atoms with Crippen molar-refractivity contribution in [3.63, 3.8) is 0 Å². The van der Waals surface area contributed by atoms with Gasteiger partial charge in [0.15, 0.2) is 0 Å². The SMILES string of the molecule is CCNCC1=CS(=O)(=O)c2cc(Cl)ccc21. The zero-order chi connectivity index (χ0) is 11.8. The molecule has 0 atom stereocenters. The Kier molecular flexibility index (Phi) is 3.06. The third-order valence-electron chi connectivity index (χ3n) is 2.46. The minimum Gasteiger partial charge on any atom is -0.313 e. The minimum absolute atomic E-state index is 0.313. The van der Waals surface area contributed by atoms with Crippen molar-refractivity contribution in [2.45, 2.75) is 11.8 Å². The van der Waals surface area contributed by atoms with E-state index in [0.29, 0.717) is 16.5 Å². The highest BCUT2D eigenvalue weighted by Gasteiger charge is 2.26. The highest BCUT2D eigenvalue weighted by atomic mass is 35.5. The molecule has 0 amide bonds. The van der Waals surface area contributed by atoms with Crippen LogP contribution in [0.4, 0.5) is 0 Å². The Hall–Kier alpha value is -0.840. The first-order valence-electron chi connectivity index (χ1n) is 5.01. The molecule has 0 fully saturated rings. The number of nitrogens with one attached hydrogen (secondary N) is 1. The molecule has 5 heteroatoms. The van der Waals surface area contributed by atoms with Gasteiger partial charge < -0.3 is 5.32 Å². The van der Waals surface area contributed by atoms with Crippen molar-refractivity contribution < 1.29 is 8.42 Å². The first-order chi connectivity index (χ1) is 7.54. The predicted molar refractivity (Wildman–Crippen MR) is 65.2 cm³/mol. The molecule has 0 aromatic heterocycles. The van der Waals surface area contributed by atoms with E-state index in [2.05, 4.69) is 5.32 Å². The van der Waals surface area contributed by atoms with E-state index in [0.717, 1.165) is 17.7 Å². The van der Waals surface area contributed by atoms with Gasteiger partial charge in [0.25, 0.3) is 0 Å². The maximum atomic E-state index is 11.8. The fourth-order valence-corrected chi connectivity index (χ4v) is 3.45. The van der Waals surface area contributed by atoms with E-state index in [-0.39, 0.29) is 0 Å². The number of likely N-dealkylation sites (N-methyl/N-ethyl adjacent to an activating group) is 1. The van der Waals surface area contributed by atoms with Gasteiger partial charge >= 0.3 is 0 Å². The molecule has 1 aromatic rings. The number of halogens is 1. The lowest BCUT2D eigenvalue weighted by molar-refractivity contribution is 0.605. The van der Waals surface area contributed by atoms with E-state index in [1.807, 2.05) is 6.92 Å². The summed E-state index contributed by atoms with van der Waals surface area (Å²) >= 11 is 5.80. The average molecular weight is 258 g/mol. The van der Waals surface area contributed by atoms with Gasteiger partial charge in [-0.3, -0.25) is 0 Å². The van der Waals surface area contributed by atoms with Crippen LogP contribution in [0.15, 0.2) is 28.5 Å². The summed E-state index contributed by atoms with van der Waals surface area (Å²) in [6.07, 6.45) is 0. The molecule has 0 radical (unpaired) electrons. The summed E-state index contributed by atoms with van der Waals surface area (Å²) in [6, 6.07) is 4.97.